The number of methoxy groups -OCH3 is 1. The summed E-state index contributed by atoms with van der Waals surface area (Å²) in [6, 6.07) is 17.5. The normalized spacial score (nSPS) is 11.1. The fourth-order valence-electron chi connectivity index (χ4n) is 3.00. The van der Waals surface area contributed by atoms with Crippen LogP contribution in [0.4, 0.5) is 11.6 Å². The number of hydrogen-bond acceptors (Lipinski definition) is 7. The molecular formula is C22H18BrN5O4. The van der Waals surface area contributed by atoms with Crippen LogP contribution in [0.1, 0.15) is 11.1 Å². The summed E-state index contributed by atoms with van der Waals surface area (Å²) in [6.07, 6.45) is 1.64. The predicted molar refractivity (Wildman–Crippen MR) is 125 cm³/mol. The van der Waals surface area contributed by atoms with Gasteiger partial charge in [-0.15, -0.1) is 0 Å². The second-order valence-corrected chi connectivity index (χ2v) is 7.57. The molecule has 1 aromatic heterocycles. The number of nitro groups is 1. The standard InChI is InChI=1S/C22H18BrN5O4/c1-31-20-11-15(12-24-27-22-25-18-4-2-3-5-19(18)26-22)10-17(23)21(20)32-13-14-6-8-16(9-7-14)28(29)30/h2-12H,13H2,1H3,(H2,25,26,27)/b24-12+. The first kappa shape index (κ1) is 21.3. The molecule has 162 valence electrons. The van der Waals surface area contributed by atoms with Crippen molar-refractivity contribution < 1.29 is 14.4 Å². The number of imidazole rings is 1. The van der Waals surface area contributed by atoms with Crippen LogP contribution in [0.5, 0.6) is 11.5 Å². The Labute approximate surface area is 191 Å². The summed E-state index contributed by atoms with van der Waals surface area (Å²) < 4.78 is 12.0. The largest absolute Gasteiger partial charge is 0.493 e. The number of nitrogens with one attached hydrogen (secondary N) is 2. The number of aromatic nitrogens is 2. The Morgan fingerprint density at radius 2 is 2.00 bits per heavy atom. The number of fused-ring (bicyclic) bond motifs is 1. The summed E-state index contributed by atoms with van der Waals surface area (Å²) in [5, 5.41) is 15.0. The Hall–Kier alpha value is -3.92. The van der Waals surface area contributed by atoms with Crippen molar-refractivity contribution in [3.05, 3.63) is 86.4 Å². The molecule has 1 heterocycles. The lowest BCUT2D eigenvalue weighted by Gasteiger charge is -2.13. The predicted octanol–water partition coefficient (Wildman–Crippen LogP) is 5.27. The van der Waals surface area contributed by atoms with Crippen molar-refractivity contribution in [1.82, 2.24) is 9.97 Å². The van der Waals surface area contributed by atoms with Crippen LogP contribution in [0.3, 0.4) is 0 Å². The molecule has 0 atom stereocenters. The fourth-order valence-corrected chi connectivity index (χ4v) is 3.57. The van der Waals surface area contributed by atoms with E-state index in [0.29, 0.717) is 21.9 Å². The van der Waals surface area contributed by atoms with Gasteiger partial charge in [-0.25, -0.2) is 10.4 Å². The van der Waals surface area contributed by atoms with Gasteiger partial charge in [0.2, 0.25) is 5.95 Å². The number of benzene rings is 3. The number of nitrogens with zero attached hydrogens (tertiary/aromatic N) is 3. The third kappa shape index (κ3) is 4.86. The molecule has 0 unspecified atom stereocenters. The molecule has 4 aromatic rings. The van der Waals surface area contributed by atoms with Crippen LogP contribution in [-0.4, -0.2) is 28.2 Å². The van der Waals surface area contributed by atoms with Gasteiger partial charge in [0.05, 0.1) is 33.8 Å². The first-order valence-electron chi connectivity index (χ1n) is 9.51. The number of ether oxygens (including phenoxy) is 2. The molecule has 0 saturated heterocycles. The van der Waals surface area contributed by atoms with Crippen LogP contribution in [0, 0.1) is 10.1 Å². The molecule has 0 saturated carbocycles. The zero-order valence-electron chi connectivity index (χ0n) is 16.9. The van der Waals surface area contributed by atoms with Gasteiger partial charge < -0.3 is 14.5 Å². The van der Waals surface area contributed by atoms with Gasteiger partial charge in [0.1, 0.15) is 6.61 Å². The smallest absolute Gasteiger partial charge is 0.269 e. The van der Waals surface area contributed by atoms with Crippen molar-refractivity contribution in [2.45, 2.75) is 6.61 Å². The van der Waals surface area contributed by atoms with E-state index in [1.807, 2.05) is 30.3 Å². The fraction of sp³-hybridized carbons (Fsp3) is 0.0909. The van der Waals surface area contributed by atoms with Gasteiger partial charge in [-0.05, 0) is 63.5 Å². The van der Waals surface area contributed by atoms with Gasteiger partial charge in [0.15, 0.2) is 11.5 Å². The summed E-state index contributed by atoms with van der Waals surface area (Å²) >= 11 is 3.51. The lowest BCUT2D eigenvalue weighted by atomic mass is 10.2. The molecule has 0 fully saturated rings. The average Bonchev–Trinajstić information content (AvgIpc) is 3.21. The van der Waals surface area contributed by atoms with Crippen molar-refractivity contribution >= 4 is 44.8 Å². The van der Waals surface area contributed by atoms with Gasteiger partial charge in [0, 0.05) is 12.1 Å². The summed E-state index contributed by atoms with van der Waals surface area (Å²) in [6.45, 7) is 0.230. The Morgan fingerprint density at radius 1 is 1.22 bits per heavy atom. The first-order chi connectivity index (χ1) is 15.5. The number of H-pyrrole nitrogens is 1. The Kier molecular flexibility index (Phi) is 6.31. The number of rotatable bonds is 8. The number of anilines is 1. The lowest BCUT2D eigenvalue weighted by Crippen LogP contribution is -2.00. The van der Waals surface area contributed by atoms with Crippen molar-refractivity contribution in [2.24, 2.45) is 5.10 Å². The number of hydrogen-bond donors (Lipinski definition) is 2. The second-order valence-electron chi connectivity index (χ2n) is 6.72. The number of halogens is 1. The zero-order valence-corrected chi connectivity index (χ0v) is 18.5. The highest BCUT2D eigenvalue weighted by molar-refractivity contribution is 9.10. The van der Waals surface area contributed by atoms with Crippen molar-refractivity contribution in [3.8, 4) is 11.5 Å². The summed E-state index contributed by atoms with van der Waals surface area (Å²) in [5.41, 5.74) is 6.26. The van der Waals surface area contributed by atoms with E-state index in [4.69, 9.17) is 9.47 Å². The molecule has 0 radical (unpaired) electrons. The van der Waals surface area contributed by atoms with E-state index in [-0.39, 0.29) is 12.3 Å². The zero-order chi connectivity index (χ0) is 22.5. The highest BCUT2D eigenvalue weighted by Crippen LogP contribution is 2.37. The Morgan fingerprint density at radius 3 is 2.72 bits per heavy atom. The molecule has 0 spiro atoms. The monoisotopic (exact) mass is 495 g/mol. The SMILES string of the molecule is COc1cc(/C=N/Nc2nc3ccccc3[nH]2)cc(Br)c1OCc1ccc([N+](=O)[O-])cc1. The maximum atomic E-state index is 10.8. The van der Waals surface area contributed by atoms with Crippen LogP contribution in [0.25, 0.3) is 11.0 Å². The van der Waals surface area contributed by atoms with E-state index in [1.54, 1.807) is 31.5 Å². The summed E-state index contributed by atoms with van der Waals surface area (Å²) in [4.78, 5) is 17.9. The van der Waals surface area contributed by atoms with Gasteiger partial charge in [0.25, 0.3) is 5.69 Å². The number of nitro benzene ring substituents is 1. The Balaban J connectivity index is 1.45. The molecule has 0 aliphatic rings. The third-order valence-corrected chi connectivity index (χ3v) is 5.14. The minimum absolute atomic E-state index is 0.0346. The van der Waals surface area contributed by atoms with Crippen LogP contribution in [-0.2, 0) is 6.61 Å². The van der Waals surface area contributed by atoms with E-state index in [9.17, 15) is 10.1 Å². The maximum Gasteiger partial charge on any atom is 0.269 e. The van der Waals surface area contributed by atoms with E-state index >= 15 is 0 Å². The molecule has 0 aliphatic heterocycles. The van der Waals surface area contributed by atoms with E-state index in [1.165, 1.54) is 12.1 Å². The summed E-state index contributed by atoms with van der Waals surface area (Å²) in [7, 11) is 1.55. The molecule has 0 aliphatic carbocycles. The first-order valence-corrected chi connectivity index (χ1v) is 10.3. The van der Waals surface area contributed by atoms with Crippen LogP contribution < -0.4 is 14.9 Å². The highest BCUT2D eigenvalue weighted by atomic mass is 79.9. The molecule has 0 amide bonds. The molecular weight excluding hydrogens is 478 g/mol. The topological polar surface area (TPSA) is 115 Å². The lowest BCUT2D eigenvalue weighted by molar-refractivity contribution is -0.384. The number of aromatic amines is 1. The third-order valence-electron chi connectivity index (χ3n) is 4.56. The molecule has 2 N–H and O–H groups in total. The van der Waals surface area contributed by atoms with Gasteiger partial charge in [-0.1, -0.05) is 12.1 Å². The molecule has 10 heteroatoms. The minimum atomic E-state index is -0.437. The number of non-ortho nitro benzene ring substituents is 1. The average molecular weight is 496 g/mol. The minimum Gasteiger partial charge on any atom is -0.493 e. The molecule has 9 nitrogen and oxygen atoms in total. The highest BCUT2D eigenvalue weighted by Gasteiger charge is 2.12. The maximum absolute atomic E-state index is 10.8. The van der Waals surface area contributed by atoms with Crippen molar-refractivity contribution in [3.63, 3.8) is 0 Å². The number of para-hydroxylation sites is 2. The van der Waals surface area contributed by atoms with E-state index < -0.39 is 4.92 Å². The van der Waals surface area contributed by atoms with Crippen molar-refractivity contribution in [1.29, 1.82) is 0 Å². The van der Waals surface area contributed by atoms with Crippen LogP contribution >= 0.6 is 15.9 Å². The Bertz CT molecular complexity index is 1250. The second kappa shape index (κ2) is 9.48. The molecule has 4 rings (SSSR count). The number of hydrazone groups is 1. The summed E-state index contributed by atoms with van der Waals surface area (Å²) in [5.74, 6) is 1.58. The van der Waals surface area contributed by atoms with Gasteiger partial charge in [-0.2, -0.15) is 5.10 Å². The van der Waals surface area contributed by atoms with E-state index in [0.717, 1.165) is 22.2 Å². The van der Waals surface area contributed by atoms with Crippen LogP contribution in [0.2, 0.25) is 0 Å². The molecule has 3 aromatic carbocycles. The quantitative estimate of drug-likeness (QED) is 0.195. The van der Waals surface area contributed by atoms with E-state index in [2.05, 4.69) is 36.4 Å². The van der Waals surface area contributed by atoms with Crippen molar-refractivity contribution in [2.75, 3.05) is 12.5 Å². The van der Waals surface area contributed by atoms with Gasteiger partial charge in [-0.3, -0.25) is 10.1 Å². The molecule has 32 heavy (non-hydrogen) atoms. The van der Waals surface area contributed by atoms with Crippen LogP contribution in [0.15, 0.2) is 70.2 Å². The molecule has 0 bridgehead atoms. The van der Waals surface area contributed by atoms with Gasteiger partial charge >= 0.3 is 0 Å².